The number of Topliss-reactive ketones (excluding diaryl/α,β-unsaturated/α-hetero) is 1. The van der Waals surface area contributed by atoms with E-state index in [-0.39, 0.29) is 36.4 Å². The van der Waals surface area contributed by atoms with Crippen molar-refractivity contribution in [1.29, 1.82) is 0 Å². The zero-order valence-corrected chi connectivity index (χ0v) is 15.3. The Balaban J connectivity index is 1.68. The molecule has 1 saturated carbocycles. The van der Waals surface area contributed by atoms with Crippen LogP contribution in [0.15, 0.2) is 48.5 Å². The summed E-state index contributed by atoms with van der Waals surface area (Å²) >= 11 is 0. The number of nitrogens with zero attached hydrogens (tertiary/aromatic N) is 1. The van der Waals surface area contributed by atoms with Gasteiger partial charge in [-0.2, -0.15) is 13.2 Å². The van der Waals surface area contributed by atoms with Gasteiger partial charge in [0.25, 0.3) is 5.91 Å². The Bertz CT molecular complexity index is 858. The second kappa shape index (κ2) is 8.04. The van der Waals surface area contributed by atoms with Crippen LogP contribution >= 0.6 is 0 Å². The van der Waals surface area contributed by atoms with Gasteiger partial charge in [-0.1, -0.05) is 18.2 Å². The summed E-state index contributed by atoms with van der Waals surface area (Å²) in [6.07, 6.45) is -2.93. The smallest absolute Gasteiger partial charge is 0.416 e. The zero-order chi connectivity index (χ0) is 20.3. The number of rotatable bonds is 7. The first kappa shape index (κ1) is 19.9. The van der Waals surface area contributed by atoms with Crippen molar-refractivity contribution < 1.29 is 27.5 Å². The van der Waals surface area contributed by atoms with E-state index in [2.05, 4.69) is 0 Å². The molecule has 0 bridgehead atoms. The molecule has 1 fully saturated rings. The molecule has 0 unspecified atom stereocenters. The molecule has 0 radical (unpaired) electrons. The van der Waals surface area contributed by atoms with Crippen LogP contribution in [-0.2, 0) is 17.5 Å². The van der Waals surface area contributed by atoms with Crippen LogP contribution in [0.3, 0.4) is 0 Å². The van der Waals surface area contributed by atoms with Crippen LogP contribution in [-0.4, -0.2) is 29.2 Å². The molecular formula is C21H20F3NO3. The normalized spacial score (nSPS) is 13.9. The third-order valence-electron chi connectivity index (χ3n) is 4.59. The maximum absolute atomic E-state index is 13.2. The van der Waals surface area contributed by atoms with Crippen LogP contribution in [0.25, 0.3) is 0 Å². The SMILES string of the molecule is CC(=O)c1ccc(OCC(=O)N(Cc2ccccc2C(F)(F)F)C2CC2)cc1. The topological polar surface area (TPSA) is 46.6 Å². The summed E-state index contributed by atoms with van der Waals surface area (Å²) in [7, 11) is 0. The average molecular weight is 391 g/mol. The van der Waals surface area contributed by atoms with E-state index in [1.54, 1.807) is 24.3 Å². The van der Waals surface area contributed by atoms with Crippen LogP contribution < -0.4 is 4.74 Å². The number of ketones is 1. The van der Waals surface area contributed by atoms with Gasteiger partial charge in [-0.15, -0.1) is 0 Å². The molecule has 0 spiro atoms. The molecule has 1 aliphatic carbocycles. The minimum Gasteiger partial charge on any atom is -0.484 e. The molecule has 0 aliphatic heterocycles. The number of hydrogen-bond donors (Lipinski definition) is 0. The molecule has 1 amide bonds. The van der Waals surface area contributed by atoms with Crippen molar-refractivity contribution in [3.05, 3.63) is 65.2 Å². The second-order valence-corrected chi connectivity index (χ2v) is 6.78. The summed E-state index contributed by atoms with van der Waals surface area (Å²) in [5, 5.41) is 0. The van der Waals surface area contributed by atoms with Gasteiger partial charge >= 0.3 is 6.18 Å². The average Bonchev–Trinajstić information content (AvgIpc) is 3.49. The third-order valence-corrected chi connectivity index (χ3v) is 4.59. The monoisotopic (exact) mass is 391 g/mol. The van der Waals surface area contributed by atoms with Gasteiger partial charge in [-0.25, -0.2) is 0 Å². The maximum atomic E-state index is 13.2. The van der Waals surface area contributed by atoms with Gasteiger partial charge < -0.3 is 9.64 Å². The first-order valence-corrected chi connectivity index (χ1v) is 8.94. The minimum atomic E-state index is -4.47. The molecule has 0 aromatic heterocycles. The summed E-state index contributed by atoms with van der Waals surface area (Å²) in [6.45, 7) is 1.07. The number of alkyl halides is 3. The van der Waals surface area contributed by atoms with Crippen molar-refractivity contribution >= 4 is 11.7 Å². The number of carbonyl (C=O) groups excluding carboxylic acids is 2. The fraction of sp³-hybridized carbons (Fsp3) is 0.333. The molecule has 4 nitrogen and oxygen atoms in total. The van der Waals surface area contributed by atoms with Crippen molar-refractivity contribution in [3.63, 3.8) is 0 Å². The Morgan fingerprint density at radius 1 is 1.07 bits per heavy atom. The molecular weight excluding hydrogens is 371 g/mol. The lowest BCUT2D eigenvalue weighted by molar-refractivity contribution is -0.140. The Morgan fingerprint density at radius 3 is 2.29 bits per heavy atom. The van der Waals surface area contributed by atoms with Crippen molar-refractivity contribution in [2.24, 2.45) is 0 Å². The first-order valence-electron chi connectivity index (χ1n) is 8.94. The number of amides is 1. The second-order valence-electron chi connectivity index (χ2n) is 6.78. The van der Waals surface area contributed by atoms with Gasteiger partial charge in [0, 0.05) is 18.2 Å². The van der Waals surface area contributed by atoms with Crippen LogP contribution in [0.4, 0.5) is 13.2 Å². The predicted octanol–water partition coefficient (Wildman–Crippen LogP) is 4.48. The Morgan fingerprint density at radius 2 is 1.71 bits per heavy atom. The van der Waals surface area contributed by atoms with E-state index in [4.69, 9.17) is 4.74 Å². The summed E-state index contributed by atoms with van der Waals surface area (Å²) in [5.74, 6) is -0.0224. The van der Waals surface area contributed by atoms with Crippen molar-refractivity contribution in [3.8, 4) is 5.75 Å². The van der Waals surface area contributed by atoms with E-state index in [1.807, 2.05) is 0 Å². The van der Waals surface area contributed by atoms with E-state index in [1.165, 1.54) is 30.0 Å². The highest BCUT2D eigenvalue weighted by Crippen LogP contribution is 2.34. The molecule has 3 rings (SSSR count). The van der Waals surface area contributed by atoms with E-state index >= 15 is 0 Å². The highest BCUT2D eigenvalue weighted by atomic mass is 19.4. The maximum Gasteiger partial charge on any atom is 0.416 e. The quantitative estimate of drug-likeness (QED) is 0.654. The molecule has 2 aromatic carbocycles. The van der Waals surface area contributed by atoms with Gasteiger partial charge in [0.15, 0.2) is 12.4 Å². The summed E-state index contributed by atoms with van der Waals surface area (Å²) < 4.78 is 45.1. The summed E-state index contributed by atoms with van der Waals surface area (Å²) in [6, 6.07) is 11.6. The molecule has 28 heavy (non-hydrogen) atoms. The number of benzene rings is 2. The van der Waals surface area contributed by atoms with Crippen LogP contribution in [0.1, 0.15) is 41.3 Å². The van der Waals surface area contributed by atoms with Crippen LogP contribution in [0, 0.1) is 0 Å². The fourth-order valence-corrected chi connectivity index (χ4v) is 2.94. The van der Waals surface area contributed by atoms with Gasteiger partial charge in [0.2, 0.25) is 0 Å². The van der Waals surface area contributed by atoms with E-state index in [0.717, 1.165) is 18.9 Å². The number of hydrogen-bond acceptors (Lipinski definition) is 3. The molecule has 0 saturated heterocycles. The van der Waals surface area contributed by atoms with Gasteiger partial charge in [-0.3, -0.25) is 9.59 Å². The van der Waals surface area contributed by atoms with Crippen molar-refractivity contribution in [2.75, 3.05) is 6.61 Å². The molecule has 148 valence electrons. The van der Waals surface area contributed by atoms with Crippen molar-refractivity contribution in [2.45, 2.75) is 38.5 Å². The highest BCUT2D eigenvalue weighted by molar-refractivity contribution is 5.94. The van der Waals surface area contributed by atoms with E-state index < -0.39 is 11.7 Å². The molecule has 0 heterocycles. The van der Waals surface area contributed by atoms with E-state index in [0.29, 0.717) is 11.3 Å². The first-order chi connectivity index (χ1) is 13.3. The van der Waals surface area contributed by atoms with Gasteiger partial charge in [-0.05, 0) is 55.7 Å². The molecule has 1 aliphatic rings. The Hall–Kier alpha value is -2.83. The highest BCUT2D eigenvalue weighted by Gasteiger charge is 2.37. The summed E-state index contributed by atoms with van der Waals surface area (Å²) in [4.78, 5) is 25.3. The van der Waals surface area contributed by atoms with E-state index in [9.17, 15) is 22.8 Å². The largest absolute Gasteiger partial charge is 0.484 e. The third kappa shape index (κ3) is 4.91. The fourth-order valence-electron chi connectivity index (χ4n) is 2.94. The zero-order valence-electron chi connectivity index (χ0n) is 15.3. The Labute approximate surface area is 160 Å². The lowest BCUT2D eigenvalue weighted by atomic mass is 10.1. The van der Waals surface area contributed by atoms with Gasteiger partial charge in [0.1, 0.15) is 5.75 Å². The number of ether oxygens (including phenoxy) is 1. The molecule has 7 heteroatoms. The number of carbonyl (C=O) groups is 2. The Kier molecular flexibility index (Phi) is 5.72. The van der Waals surface area contributed by atoms with Crippen LogP contribution in [0.2, 0.25) is 0 Å². The van der Waals surface area contributed by atoms with Crippen LogP contribution in [0.5, 0.6) is 5.75 Å². The lowest BCUT2D eigenvalue weighted by Gasteiger charge is -2.24. The minimum absolute atomic E-state index is 0.0579. The standard InChI is InChI=1S/C21H20F3NO3/c1-14(26)15-6-10-18(11-7-15)28-13-20(27)25(17-8-9-17)12-16-4-2-3-5-19(16)21(22,23)24/h2-7,10-11,17H,8-9,12-13H2,1H3. The molecule has 0 atom stereocenters. The number of halogens is 3. The molecule has 0 N–H and O–H groups in total. The summed E-state index contributed by atoms with van der Waals surface area (Å²) in [5.41, 5.74) is -0.128. The van der Waals surface area contributed by atoms with Crippen molar-refractivity contribution in [1.82, 2.24) is 4.90 Å². The molecule has 2 aromatic rings. The lowest BCUT2D eigenvalue weighted by Crippen LogP contribution is -2.36. The predicted molar refractivity (Wildman–Crippen MR) is 97.0 cm³/mol. The van der Waals surface area contributed by atoms with Gasteiger partial charge in [0.05, 0.1) is 5.56 Å².